The summed E-state index contributed by atoms with van der Waals surface area (Å²) < 4.78 is 5.52. The highest BCUT2D eigenvalue weighted by molar-refractivity contribution is 5.37. The van der Waals surface area contributed by atoms with Gasteiger partial charge in [0.2, 0.25) is 0 Å². The summed E-state index contributed by atoms with van der Waals surface area (Å²) in [6.07, 6.45) is 10.8. The lowest BCUT2D eigenvalue weighted by molar-refractivity contribution is 0.398. The molecule has 0 radical (unpaired) electrons. The van der Waals surface area contributed by atoms with E-state index in [1.165, 1.54) is 49.7 Å². The van der Waals surface area contributed by atoms with Gasteiger partial charge in [0, 0.05) is 5.54 Å². The third-order valence-electron chi connectivity index (χ3n) is 7.39. The van der Waals surface area contributed by atoms with Crippen LogP contribution in [0.2, 0.25) is 0 Å². The molecule has 1 fully saturated rings. The maximum absolute atomic E-state index is 6.54. The molecule has 2 aliphatic rings. The molecule has 2 aromatic carbocycles. The van der Waals surface area contributed by atoms with Crippen molar-refractivity contribution in [2.24, 2.45) is 11.7 Å². The van der Waals surface area contributed by atoms with Crippen LogP contribution in [-0.2, 0) is 19.3 Å². The quantitative estimate of drug-likeness (QED) is 0.689. The number of fused-ring (bicyclic) bond motifs is 1. The Bertz CT molecular complexity index is 814. The summed E-state index contributed by atoms with van der Waals surface area (Å²) in [5.74, 6) is 2.48. The Hall–Kier alpha value is -1.80. The minimum Gasteiger partial charge on any atom is -0.496 e. The fraction of sp³-hybridized carbons (Fsp3) is 0.538. The number of ether oxygens (including phenoxy) is 1. The van der Waals surface area contributed by atoms with Crippen LogP contribution < -0.4 is 10.5 Å². The second-order valence-corrected chi connectivity index (χ2v) is 9.14. The first kappa shape index (κ1) is 19.5. The van der Waals surface area contributed by atoms with E-state index < -0.39 is 0 Å². The van der Waals surface area contributed by atoms with Crippen LogP contribution in [0.3, 0.4) is 0 Å². The molecule has 150 valence electrons. The van der Waals surface area contributed by atoms with Gasteiger partial charge in [-0.05, 0) is 97.9 Å². The minimum absolute atomic E-state index is 0.0736. The number of benzene rings is 2. The molecule has 0 spiro atoms. The van der Waals surface area contributed by atoms with Crippen LogP contribution in [-0.4, -0.2) is 12.6 Å². The van der Waals surface area contributed by atoms with E-state index in [-0.39, 0.29) is 5.54 Å². The Morgan fingerprint density at radius 1 is 1.11 bits per heavy atom. The zero-order valence-corrected chi connectivity index (χ0v) is 17.5. The van der Waals surface area contributed by atoms with Gasteiger partial charge in [0.15, 0.2) is 0 Å². The van der Waals surface area contributed by atoms with Gasteiger partial charge < -0.3 is 10.5 Å². The first-order valence-electron chi connectivity index (χ1n) is 11.1. The molecule has 3 atom stereocenters. The Morgan fingerprint density at radius 3 is 2.75 bits per heavy atom. The van der Waals surface area contributed by atoms with Crippen LogP contribution in [0.4, 0.5) is 0 Å². The summed E-state index contributed by atoms with van der Waals surface area (Å²) in [5, 5.41) is 0. The molecule has 0 heterocycles. The molecule has 2 heteroatoms. The maximum atomic E-state index is 6.54. The SMILES string of the molecule is CC[C@@]1(N)CC[C@@H](c2ccc3c(c2)CC[C@@H](CCc2ccccc2OC)C3)C1. The highest BCUT2D eigenvalue weighted by Crippen LogP contribution is 2.42. The van der Waals surface area contributed by atoms with Crippen molar-refractivity contribution in [2.45, 2.75) is 76.2 Å². The molecular weight excluding hydrogens is 342 g/mol. The third-order valence-corrected chi connectivity index (χ3v) is 7.39. The summed E-state index contributed by atoms with van der Waals surface area (Å²) in [4.78, 5) is 0. The van der Waals surface area contributed by atoms with Crippen molar-refractivity contribution in [3.05, 3.63) is 64.7 Å². The topological polar surface area (TPSA) is 35.2 Å². The molecule has 0 unspecified atom stereocenters. The molecule has 0 bridgehead atoms. The van der Waals surface area contributed by atoms with E-state index in [2.05, 4.69) is 49.4 Å². The second-order valence-electron chi connectivity index (χ2n) is 9.14. The Kier molecular flexibility index (Phi) is 5.78. The van der Waals surface area contributed by atoms with Crippen molar-refractivity contribution >= 4 is 0 Å². The molecule has 2 aromatic rings. The van der Waals surface area contributed by atoms with E-state index in [0.29, 0.717) is 5.92 Å². The molecule has 2 aliphatic carbocycles. The fourth-order valence-electron chi connectivity index (χ4n) is 5.38. The number of aryl methyl sites for hydroxylation is 2. The van der Waals surface area contributed by atoms with E-state index in [9.17, 15) is 0 Å². The van der Waals surface area contributed by atoms with Crippen LogP contribution in [0, 0.1) is 5.92 Å². The highest BCUT2D eigenvalue weighted by Gasteiger charge is 2.35. The minimum atomic E-state index is 0.0736. The van der Waals surface area contributed by atoms with Crippen molar-refractivity contribution in [1.29, 1.82) is 0 Å². The molecule has 1 saturated carbocycles. The summed E-state index contributed by atoms with van der Waals surface area (Å²) in [7, 11) is 1.77. The first-order valence-corrected chi connectivity index (χ1v) is 11.1. The van der Waals surface area contributed by atoms with Gasteiger partial charge in [-0.2, -0.15) is 0 Å². The summed E-state index contributed by atoms with van der Waals surface area (Å²) in [6.45, 7) is 2.24. The van der Waals surface area contributed by atoms with Gasteiger partial charge in [-0.3, -0.25) is 0 Å². The molecule has 0 aliphatic heterocycles. The van der Waals surface area contributed by atoms with Gasteiger partial charge >= 0.3 is 0 Å². The Morgan fingerprint density at radius 2 is 1.96 bits per heavy atom. The van der Waals surface area contributed by atoms with Gasteiger partial charge in [-0.1, -0.05) is 43.3 Å². The zero-order chi connectivity index (χ0) is 19.6. The summed E-state index contributed by atoms with van der Waals surface area (Å²) >= 11 is 0. The number of methoxy groups -OCH3 is 1. The zero-order valence-electron chi connectivity index (χ0n) is 17.5. The van der Waals surface area contributed by atoms with Crippen molar-refractivity contribution in [3.63, 3.8) is 0 Å². The second kappa shape index (κ2) is 8.29. The highest BCUT2D eigenvalue weighted by atomic mass is 16.5. The van der Waals surface area contributed by atoms with Crippen molar-refractivity contribution in [2.75, 3.05) is 7.11 Å². The molecular formula is C26H35NO. The average molecular weight is 378 g/mol. The van der Waals surface area contributed by atoms with E-state index >= 15 is 0 Å². The van der Waals surface area contributed by atoms with Crippen molar-refractivity contribution in [3.8, 4) is 5.75 Å². The van der Waals surface area contributed by atoms with Crippen LogP contribution in [0.15, 0.2) is 42.5 Å². The number of hydrogen-bond acceptors (Lipinski definition) is 2. The number of nitrogens with two attached hydrogens (primary N) is 1. The largest absolute Gasteiger partial charge is 0.496 e. The molecule has 0 amide bonds. The van der Waals surface area contributed by atoms with Crippen molar-refractivity contribution < 1.29 is 4.74 Å². The molecule has 2 nitrogen and oxygen atoms in total. The molecule has 2 N–H and O–H groups in total. The van der Waals surface area contributed by atoms with Crippen molar-refractivity contribution in [1.82, 2.24) is 0 Å². The summed E-state index contributed by atoms with van der Waals surface area (Å²) in [6, 6.07) is 15.8. The lowest BCUT2D eigenvalue weighted by Gasteiger charge is -2.26. The molecule has 4 rings (SSSR count). The monoisotopic (exact) mass is 377 g/mol. The normalized spacial score (nSPS) is 26.8. The standard InChI is InChI=1S/C26H35NO/c1-3-26(27)15-14-24(18-26)23-13-12-21-16-19(9-11-22(21)17-23)8-10-20-6-4-5-7-25(20)28-2/h4-7,12-13,17,19,24H,3,8-11,14-16,18,27H2,1-2H3/t19-,24-,26-/m1/s1. The average Bonchev–Trinajstić information content (AvgIpc) is 3.14. The van der Waals surface area contributed by atoms with Gasteiger partial charge in [-0.15, -0.1) is 0 Å². The predicted octanol–water partition coefficient (Wildman–Crippen LogP) is 5.81. The van der Waals surface area contributed by atoms with Gasteiger partial charge in [-0.25, -0.2) is 0 Å². The fourth-order valence-corrected chi connectivity index (χ4v) is 5.38. The van der Waals surface area contributed by atoms with Crippen LogP contribution in [0.1, 0.15) is 73.6 Å². The maximum Gasteiger partial charge on any atom is 0.122 e. The number of para-hydroxylation sites is 1. The van der Waals surface area contributed by atoms with E-state index in [1.54, 1.807) is 18.2 Å². The van der Waals surface area contributed by atoms with E-state index in [0.717, 1.165) is 30.9 Å². The lowest BCUT2D eigenvalue weighted by Crippen LogP contribution is -2.35. The molecule has 0 aromatic heterocycles. The lowest BCUT2D eigenvalue weighted by atomic mass is 9.79. The van der Waals surface area contributed by atoms with Crippen LogP contribution >= 0.6 is 0 Å². The van der Waals surface area contributed by atoms with Crippen LogP contribution in [0.5, 0.6) is 5.75 Å². The first-order chi connectivity index (χ1) is 13.6. The Balaban J connectivity index is 1.38. The van der Waals surface area contributed by atoms with Gasteiger partial charge in [0.05, 0.1) is 7.11 Å². The predicted molar refractivity (Wildman–Crippen MR) is 117 cm³/mol. The van der Waals surface area contributed by atoms with Gasteiger partial charge in [0.25, 0.3) is 0 Å². The summed E-state index contributed by atoms with van der Waals surface area (Å²) in [5.41, 5.74) is 12.7. The third kappa shape index (κ3) is 4.12. The smallest absolute Gasteiger partial charge is 0.122 e. The Labute approximate surface area is 170 Å². The van der Waals surface area contributed by atoms with E-state index in [4.69, 9.17) is 10.5 Å². The number of hydrogen-bond donors (Lipinski definition) is 1. The van der Waals surface area contributed by atoms with E-state index in [1.807, 2.05) is 0 Å². The molecule has 28 heavy (non-hydrogen) atoms. The van der Waals surface area contributed by atoms with Gasteiger partial charge in [0.1, 0.15) is 5.75 Å². The van der Waals surface area contributed by atoms with Crippen LogP contribution in [0.25, 0.3) is 0 Å². The molecule has 0 saturated heterocycles. The number of rotatable bonds is 6.